The van der Waals surface area contributed by atoms with Gasteiger partial charge < -0.3 is 24.5 Å². The monoisotopic (exact) mass is 466 g/mol. The number of ether oxygens (including phenoxy) is 1. The van der Waals surface area contributed by atoms with Crippen LogP contribution in [-0.2, 0) is 31.6 Å². The SMILES string of the molecule is Cc1cn([C@H]2CC(O)[C@@H](COP(=O)(O)OP(=O)(O)O[PH](=O)O)O2)c(=O)[nH]c1=O. The summed E-state index contributed by atoms with van der Waals surface area (Å²) in [6.45, 7) is 0.632. The Kier molecular flexibility index (Phi) is 7.35. The molecule has 0 bridgehead atoms. The van der Waals surface area contributed by atoms with Gasteiger partial charge in [0.05, 0.1) is 12.7 Å². The van der Waals surface area contributed by atoms with E-state index >= 15 is 0 Å². The van der Waals surface area contributed by atoms with Crippen LogP contribution in [0.2, 0.25) is 0 Å². The highest BCUT2D eigenvalue weighted by Gasteiger charge is 2.40. The molecule has 18 heteroatoms. The molecule has 5 N–H and O–H groups in total. The molecule has 0 spiro atoms. The van der Waals surface area contributed by atoms with Gasteiger partial charge in [-0.3, -0.25) is 23.4 Å². The van der Waals surface area contributed by atoms with Gasteiger partial charge >= 0.3 is 29.6 Å². The molecule has 1 saturated heterocycles. The van der Waals surface area contributed by atoms with Crippen molar-refractivity contribution in [2.75, 3.05) is 6.61 Å². The van der Waals surface area contributed by atoms with Gasteiger partial charge in [-0.1, -0.05) is 0 Å². The molecule has 160 valence electrons. The van der Waals surface area contributed by atoms with E-state index in [2.05, 4.69) is 13.1 Å². The summed E-state index contributed by atoms with van der Waals surface area (Å²) in [5.74, 6) is 0. The van der Waals surface area contributed by atoms with Crippen molar-refractivity contribution in [2.24, 2.45) is 0 Å². The number of phosphoric acid groups is 2. The van der Waals surface area contributed by atoms with Crippen molar-refractivity contribution in [1.82, 2.24) is 9.55 Å². The van der Waals surface area contributed by atoms with Crippen molar-refractivity contribution >= 4 is 23.9 Å². The number of aryl methyl sites for hydroxylation is 1. The van der Waals surface area contributed by atoms with Crippen LogP contribution in [0.25, 0.3) is 0 Å². The van der Waals surface area contributed by atoms with E-state index in [1.165, 1.54) is 13.1 Å². The lowest BCUT2D eigenvalue weighted by molar-refractivity contribution is -0.0450. The van der Waals surface area contributed by atoms with Gasteiger partial charge in [-0.05, 0) is 6.92 Å². The third kappa shape index (κ3) is 6.28. The summed E-state index contributed by atoms with van der Waals surface area (Å²) in [4.78, 5) is 52.2. The Hall–Kier alpha value is -0.950. The minimum atomic E-state index is -5.36. The highest BCUT2D eigenvalue weighted by molar-refractivity contribution is 7.64. The fraction of sp³-hybridized carbons (Fsp3) is 0.600. The molecule has 0 aromatic carbocycles. The molecule has 0 saturated carbocycles. The Morgan fingerprint density at radius 3 is 2.61 bits per heavy atom. The lowest BCUT2D eigenvalue weighted by Gasteiger charge is -2.19. The van der Waals surface area contributed by atoms with Crippen LogP contribution in [0, 0.1) is 6.92 Å². The predicted molar refractivity (Wildman–Crippen MR) is 89.6 cm³/mol. The Labute approximate surface area is 156 Å². The Balaban J connectivity index is 2.02. The zero-order valence-corrected chi connectivity index (χ0v) is 16.8. The number of H-pyrrole nitrogens is 1. The largest absolute Gasteiger partial charge is 0.488 e. The van der Waals surface area contributed by atoms with Crippen molar-refractivity contribution in [3.8, 4) is 0 Å². The topological polar surface area (TPSA) is 224 Å². The van der Waals surface area contributed by atoms with Gasteiger partial charge in [0.1, 0.15) is 12.3 Å². The first-order valence-electron chi connectivity index (χ1n) is 7.39. The Bertz CT molecular complexity index is 957. The molecule has 0 aliphatic carbocycles. The van der Waals surface area contributed by atoms with Gasteiger partial charge in [0.25, 0.3) is 5.56 Å². The number of nitrogens with zero attached hydrogens (tertiary/aromatic N) is 1. The maximum Gasteiger partial charge on any atom is 0.488 e. The molecule has 4 unspecified atom stereocenters. The average molecular weight is 466 g/mol. The van der Waals surface area contributed by atoms with Crippen LogP contribution in [0.5, 0.6) is 0 Å². The van der Waals surface area contributed by atoms with Crippen molar-refractivity contribution in [3.63, 3.8) is 0 Å². The lowest BCUT2D eigenvalue weighted by atomic mass is 10.2. The third-order valence-electron chi connectivity index (χ3n) is 3.46. The van der Waals surface area contributed by atoms with E-state index in [0.29, 0.717) is 0 Å². The fourth-order valence-electron chi connectivity index (χ4n) is 2.27. The van der Waals surface area contributed by atoms with Crippen LogP contribution >= 0.6 is 23.9 Å². The Morgan fingerprint density at radius 1 is 1.36 bits per heavy atom. The lowest BCUT2D eigenvalue weighted by Crippen LogP contribution is -2.33. The predicted octanol–water partition coefficient (Wildman–Crippen LogP) is -0.874. The van der Waals surface area contributed by atoms with Crippen LogP contribution < -0.4 is 11.2 Å². The van der Waals surface area contributed by atoms with Crippen LogP contribution in [0.15, 0.2) is 15.8 Å². The second kappa shape index (κ2) is 8.82. The molecule has 0 amide bonds. The van der Waals surface area contributed by atoms with Crippen LogP contribution in [0.1, 0.15) is 18.2 Å². The van der Waals surface area contributed by atoms with Crippen molar-refractivity contribution in [3.05, 3.63) is 32.6 Å². The van der Waals surface area contributed by atoms with E-state index in [1.54, 1.807) is 0 Å². The maximum absolute atomic E-state index is 11.8. The minimum absolute atomic E-state index is 0.135. The van der Waals surface area contributed by atoms with E-state index in [9.17, 15) is 33.3 Å². The standard InChI is InChI=1S/C10H17N2O13P3/c1-5-3-12(10(15)11-9(5)14)8-2-6(13)7(23-8)4-22-27(18,19)25-28(20,21)24-26(16)17/h3,6-8,13,26H,2,4H2,1H3,(H,16,17)(H,18,19)(H,20,21)(H,11,14,15)/t6?,7-,8-/m1/s1. The molecule has 1 fully saturated rings. The first-order chi connectivity index (χ1) is 12.8. The van der Waals surface area contributed by atoms with Gasteiger partial charge in [-0.15, -0.1) is 0 Å². The number of nitrogens with one attached hydrogen (secondary N) is 1. The molecular formula is C10H17N2O13P3. The number of aromatic amines is 1. The number of phosphoric ester groups is 1. The highest BCUT2D eigenvalue weighted by Crippen LogP contribution is 2.63. The quantitative estimate of drug-likeness (QED) is 0.294. The van der Waals surface area contributed by atoms with Crippen molar-refractivity contribution in [2.45, 2.75) is 31.8 Å². The van der Waals surface area contributed by atoms with Crippen LogP contribution in [-0.4, -0.2) is 48.2 Å². The molecule has 1 aliphatic heterocycles. The number of aliphatic hydroxyl groups is 1. The number of rotatable bonds is 8. The van der Waals surface area contributed by atoms with E-state index in [4.69, 9.17) is 14.5 Å². The maximum atomic E-state index is 11.8. The summed E-state index contributed by atoms with van der Waals surface area (Å²) in [5, 5.41) is 9.98. The van der Waals surface area contributed by atoms with E-state index < -0.39 is 60.2 Å². The molecular weight excluding hydrogens is 449 g/mol. The number of aliphatic hydroxyl groups excluding tert-OH is 1. The van der Waals surface area contributed by atoms with Gasteiger partial charge in [-0.25, -0.2) is 18.2 Å². The van der Waals surface area contributed by atoms with Gasteiger partial charge in [0.2, 0.25) is 0 Å². The van der Waals surface area contributed by atoms with Crippen molar-refractivity contribution < 1.29 is 51.4 Å². The number of hydrogen-bond donors (Lipinski definition) is 5. The van der Waals surface area contributed by atoms with E-state index in [1.807, 2.05) is 4.98 Å². The smallest absolute Gasteiger partial charge is 0.390 e. The molecule has 2 heterocycles. The first-order valence-corrected chi connectivity index (χ1v) is 11.6. The van der Waals surface area contributed by atoms with Crippen LogP contribution in [0.3, 0.4) is 0 Å². The zero-order chi connectivity index (χ0) is 21.3. The molecule has 0 radical (unpaired) electrons. The number of hydrogen-bond acceptors (Lipinski definition) is 10. The molecule has 15 nitrogen and oxygen atoms in total. The van der Waals surface area contributed by atoms with Gasteiger partial charge in [0.15, 0.2) is 0 Å². The molecule has 1 aromatic rings. The summed E-state index contributed by atoms with van der Waals surface area (Å²) in [7, 11) is -14.6. The zero-order valence-electron chi connectivity index (χ0n) is 14.0. The fourth-order valence-corrected chi connectivity index (χ4v) is 5.06. The Morgan fingerprint density at radius 2 is 2.00 bits per heavy atom. The summed E-state index contributed by atoms with van der Waals surface area (Å²) in [6.07, 6.45) is -2.47. The van der Waals surface area contributed by atoms with E-state index in [0.717, 1.165) is 4.57 Å². The van der Waals surface area contributed by atoms with Gasteiger partial charge in [-0.2, -0.15) is 4.31 Å². The van der Waals surface area contributed by atoms with E-state index in [-0.39, 0.29) is 12.0 Å². The molecule has 28 heavy (non-hydrogen) atoms. The van der Waals surface area contributed by atoms with Crippen LogP contribution in [0.4, 0.5) is 0 Å². The second-order valence-corrected chi connectivity index (χ2v) is 9.63. The summed E-state index contributed by atoms with van der Waals surface area (Å²) < 4.78 is 51.5. The average Bonchev–Trinajstić information content (AvgIpc) is 2.87. The molecule has 1 aliphatic rings. The summed E-state index contributed by atoms with van der Waals surface area (Å²) >= 11 is 0. The number of aromatic nitrogens is 2. The van der Waals surface area contributed by atoms with Gasteiger partial charge in [0, 0.05) is 18.2 Å². The molecule has 6 atom stereocenters. The normalized spacial score (nSPS) is 27.8. The van der Waals surface area contributed by atoms with Crippen molar-refractivity contribution in [1.29, 1.82) is 0 Å². The first kappa shape index (κ1) is 23.3. The minimum Gasteiger partial charge on any atom is -0.390 e. The second-order valence-electron chi connectivity index (χ2n) is 5.58. The molecule has 2 rings (SSSR count). The summed E-state index contributed by atoms with van der Waals surface area (Å²) in [5.41, 5.74) is -1.20. The summed E-state index contributed by atoms with van der Waals surface area (Å²) in [6, 6.07) is 0. The third-order valence-corrected chi connectivity index (χ3v) is 7.14. The highest BCUT2D eigenvalue weighted by atomic mass is 31.3. The molecule has 1 aromatic heterocycles.